The monoisotopic (exact) mass is 486 g/mol. The second-order valence-electron chi connectivity index (χ2n) is 6.46. The van der Waals surface area contributed by atoms with Gasteiger partial charge >= 0.3 is 6.09 Å². The Morgan fingerprint density at radius 3 is 2.85 bits per heavy atom. The molecule has 1 saturated heterocycles. The Hall–Kier alpha value is -2.04. The van der Waals surface area contributed by atoms with Crippen LogP contribution >= 0.6 is 24.0 Å². The molecule has 9 heteroatoms. The number of benzene rings is 1. The lowest BCUT2D eigenvalue weighted by Crippen LogP contribution is -2.48. The highest BCUT2D eigenvalue weighted by Gasteiger charge is 2.23. The highest BCUT2D eigenvalue weighted by molar-refractivity contribution is 14.0. The number of H-pyrrole nitrogens is 1. The molecule has 0 radical (unpaired) electrons. The average Bonchev–Trinajstić information content (AvgIpc) is 3.05. The Balaban J connectivity index is 0.00000261. The lowest BCUT2D eigenvalue weighted by molar-refractivity contribution is 0.0963. The maximum Gasteiger partial charge on any atom is 0.409 e. The van der Waals surface area contributed by atoms with E-state index < -0.39 is 0 Å². The van der Waals surface area contributed by atoms with Crippen LogP contribution in [0, 0.1) is 6.92 Å². The number of carbonyl (C=O) groups excluding carboxylic acids is 1. The minimum absolute atomic E-state index is 0. The van der Waals surface area contributed by atoms with Crippen LogP contribution in [0.3, 0.4) is 0 Å². The number of aliphatic imine (C=N–C) groups is 1. The molecule has 8 nitrogen and oxygen atoms in total. The predicted octanol–water partition coefficient (Wildman–Crippen LogP) is 2.51. The van der Waals surface area contributed by atoms with Crippen LogP contribution in [-0.4, -0.2) is 52.7 Å². The van der Waals surface area contributed by atoms with Gasteiger partial charge in [-0.25, -0.2) is 14.8 Å². The second kappa shape index (κ2) is 9.77. The molecule has 2 aromatic rings. The van der Waals surface area contributed by atoms with Crippen molar-refractivity contribution in [2.45, 2.75) is 39.3 Å². The van der Waals surface area contributed by atoms with Gasteiger partial charge in [0, 0.05) is 19.1 Å². The number of fused-ring (bicyclic) bond motifs is 1. The van der Waals surface area contributed by atoms with E-state index in [1.807, 2.05) is 32.0 Å². The van der Waals surface area contributed by atoms with Gasteiger partial charge in [0.25, 0.3) is 0 Å². The molecule has 0 unspecified atom stereocenters. The van der Waals surface area contributed by atoms with Crippen molar-refractivity contribution in [3.8, 4) is 0 Å². The minimum atomic E-state index is -0.243. The lowest BCUT2D eigenvalue weighted by Gasteiger charge is -2.31. The number of para-hydroxylation sites is 1. The molecule has 1 aliphatic rings. The van der Waals surface area contributed by atoms with Gasteiger partial charge in [-0.2, -0.15) is 0 Å². The number of carbonyl (C=O) groups is 1. The summed E-state index contributed by atoms with van der Waals surface area (Å²) in [5.74, 6) is 1.19. The molecule has 27 heavy (non-hydrogen) atoms. The van der Waals surface area contributed by atoms with Gasteiger partial charge in [0.2, 0.25) is 0 Å². The number of hydrogen-bond acceptors (Lipinski definition) is 4. The number of aryl methyl sites for hydroxylation is 1. The lowest BCUT2D eigenvalue weighted by atomic mass is 10.1. The molecule has 3 rings (SSSR count). The molecule has 0 atom stereocenters. The van der Waals surface area contributed by atoms with E-state index in [-0.39, 0.29) is 36.1 Å². The first kappa shape index (κ1) is 21.3. The first-order chi connectivity index (χ1) is 12.6. The molecule has 148 valence electrons. The first-order valence-electron chi connectivity index (χ1n) is 8.99. The number of likely N-dealkylation sites (tertiary alicyclic amines) is 1. The van der Waals surface area contributed by atoms with Gasteiger partial charge in [0.05, 0.1) is 17.6 Å². The first-order valence-corrected chi connectivity index (χ1v) is 8.99. The summed E-state index contributed by atoms with van der Waals surface area (Å²) in [4.78, 5) is 25.7. The molecule has 0 aliphatic carbocycles. The Kier molecular flexibility index (Phi) is 7.69. The van der Waals surface area contributed by atoms with Gasteiger partial charge in [-0.1, -0.05) is 12.1 Å². The number of imidazole rings is 1. The number of guanidine groups is 1. The van der Waals surface area contributed by atoms with Crippen molar-refractivity contribution < 1.29 is 9.53 Å². The van der Waals surface area contributed by atoms with E-state index in [9.17, 15) is 4.79 Å². The third-order valence-corrected chi connectivity index (χ3v) is 4.54. The van der Waals surface area contributed by atoms with Crippen molar-refractivity contribution in [3.05, 3.63) is 29.6 Å². The fourth-order valence-electron chi connectivity index (χ4n) is 3.14. The summed E-state index contributed by atoms with van der Waals surface area (Å²) in [6.45, 7) is 5.97. The van der Waals surface area contributed by atoms with Gasteiger partial charge in [0.15, 0.2) is 5.96 Å². The molecule has 1 amide bonds. The van der Waals surface area contributed by atoms with Gasteiger partial charge < -0.3 is 25.7 Å². The van der Waals surface area contributed by atoms with Crippen LogP contribution in [0.15, 0.2) is 23.2 Å². The van der Waals surface area contributed by atoms with Crippen LogP contribution in [0.5, 0.6) is 0 Å². The highest BCUT2D eigenvalue weighted by Crippen LogP contribution is 2.16. The Bertz CT molecular complexity index is 798. The number of nitrogens with one attached hydrogen (secondary N) is 2. The van der Waals surface area contributed by atoms with Crippen LogP contribution in [0.1, 0.15) is 31.2 Å². The zero-order chi connectivity index (χ0) is 18.5. The third kappa shape index (κ3) is 5.47. The van der Waals surface area contributed by atoms with Crippen LogP contribution in [0.2, 0.25) is 0 Å². The number of halogens is 1. The number of aromatic nitrogens is 2. The number of nitrogens with two attached hydrogens (primary N) is 1. The molecule has 2 heterocycles. The number of piperidine rings is 1. The van der Waals surface area contributed by atoms with Crippen LogP contribution in [0.4, 0.5) is 4.79 Å². The Morgan fingerprint density at radius 2 is 2.19 bits per heavy atom. The zero-order valence-electron chi connectivity index (χ0n) is 15.7. The summed E-state index contributed by atoms with van der Waals surface area (Å²) in [6.07, 6.45) is 1.39. The quantitative estimate of drug-likeness (QED) is 0.350. The maximum absolute atomic E-state index is 11.7. The van der Waals surface area contributed by atoms with E-state index in [1.54, 1.807) is 4.90 Å². The number of nitrogens with zero attached hydrogens (tertiary/aromatic N) is 3. The molecular formula is C18H27IN6O2. The van der Waals surface area contributed by atoms with Crippen molar-refractivity contribution in [2.75, 3.05) is 19.7 Å². The van der Waals surface area contributed by atoms with E-state index in [0.717, 1.165) is 35.3 Å². The third-order valence-electron chi connectivity index (χ3n) is 4.54. The molecule has 1 fully saturated rings. The normalized spacial score (nSPS) is 15.5. The summed E-state index contributed by atoms with van der Waals surface area (Å²) in [6, 6.07) is 6.25. The van der Waals surface area contributed by atoms with E-state index in [2.05, 4.69) is 20.3 Å². The minimum Gasteiger partial charge on any atom is -0.450 e. The van der Waals surface area contributed by atoms with Crippen molar-refractivity contribution in [1.82, 2.24) is 20.2 Å². The van der Waals surface area contributed by atoms with Crippen molar-refractivity contribution in [2.24, 2.45) is 10.7 Å². The number of amides is 1. The topological polar surface area (TPSA) is 109 Å². The molecule has 1 aromatic heterocycles. The highest BCUT2D eigenvalue weighted by atomic mass is 127. The van der Waals surface area contributed by atoms with Crippen molar-refractivity contribution in [1.29, 1.82) is 0 Å². The van der Waals surface area contributed by atoms with Gasteiger partial charge in [-0.15, -0.1) is 24.0 Å². The summed E-state index contributed by atoms with van der Waals surface area (Å²) in [5, 5.41) is 3.23. The SMILES string of the molecule is CCOC(=O)N1CCC(NC(N)=NCc2nc3c(C)cccc3[nH]2)CC1.I. The molecule has 0 saturated carbocycles. The molecule has 4 N–H and O–H groups in total. The fraction of sp³-hybridized carbons (Fsp3) is 0.500. The zero-order valence-corrected chi connectivity index (χ0v) is 18.0. The Morgan fingerprint density at radius 1 is 1.44 bits per heavy atom. The van der Waals surface area contributed by atoms with Crippen LogP contribution in [-0.2, 0) is 11.3 Å². The summed E-state index contributed by atoms with van der Waals surface area (Å²) in [5.41, 5.74) is 9.12. The van der Waals surface area contributed by atoms with Gasteiger partial charge in [-0.3, -0.25) is 0 Å². The fourth-order valence-corrected chi connectivity index (χ4v) is 3.14. The number of rotatable bonds is 4. The van der Waals surface area contributed by atoms with Crippen LogP contribution in [0.25, 0.3) is 11.0 Å². The number of hydrogen-bond donors (Lipinski definition) is 3. The summed E-state index contributed by atoms with van der Waals surface area (Å²) >= 11 is 0. The molecular weight excluding hydrogens is 459 g/mol. The standard InChI is InChI=1S/C18H26N6O2.HI/c1-3-26-18(25)24-9-7-13(8-10-24)21-17(19)20-11-15-22-14-6-4-5-12(2)16(14)23-15;/h4-6,13H,3,7-11H2,1-2H3,(H,22,23)(H3,19,20,21);1H. The molecule has 1 aromatic carbocycles. The average molecular weight is 486 g/mol. The Labute approximate surface area is 176 Å². The van der Waals surface area contributed by atoms with Gasteiger partial charge in [0.1, 0.15) is 12.4 Å². The molecule has 1 aliphatic heterocycles. The smallest absolute Gasteiger partial charge is 0.409 e. The molecule has 0 spiro atoms. The second-order valence-corrected chi connectivity index (χ2v) is 6.46. The van der Waals surface area contributed by atoms with Crippen LogP contribution < -0.4 is 11.1 Å². The molecule has 0 bridgehead atoms. The van der Waals surface area contributed by atoms with Crippen molar-refractivity contribution >= 4 is 47.1 Å². The van der Waals surface area contributed by atoms with Gasteiger partial charge in [-0.05, 0) is 38.3 Å². The maximum atomic E-state index is 11.7. The van der Waals surface area contributed by atoms with E-state index in [4.69, 9.17) is 10.5 Å². The predicted molar refractivity (Wildman–Crippen MR) is 116 cm³/mol. The number of aromatic amines is 1. The largest absolute Gasteiger partial charge is 0.450 e. The summed E-state index contributed by atoms with van der Waals surface area (Å²) < 4.78 is 5.03. The van der Waals surface area contributed by atoms with E-state index >= 15 is 0 Å². The van der Waals surface area contributed by atoms with E-state index in [1.165, 1.54) is 0 Å². The van der Waals surface area contributed by atoms with Crippen molar-refractivity contribution in [3.63, 3.8) is 0 Å². The van der Waals surface area contributed by atoms with E-state index in [0.29, 0.717) is 32.2 Å². The summed E-state index contributed by atoms with van der Waals surface area (Å²) in [7, 11) is 0. The number of ether oxygens (including phenoxy) is 1.